The SMILES string of the molecule is CN(O)C(=O)CCCCOCC1C2CCC(O2)C1CCSCc1ccccc1. The molecule has 2 saturated heterocycles. The van der Waals surface area contributed by atoms with Crippen molar-refractivity contribution in [1.82, 2.24) is 5.06 Å². The zero-order valence-electron chi connectivity index (χ0n) is 16.8. The highest BCUT2D eigenvalue weighted by atomic mass is 32.2. The van der Waals surface area contributed by atoms with Crippen molar-refractivity contribution in [3.63, 3.8) is 0 Å². The van der Waals surface area contributed by atoms with Crippen LogP contribution in [0.25, 0.3) is 0 Å². The van der Waals surface area contributed by atoms with Crippen molar-refractivity contribution in [2.45, 2.75) is 56.5 Å². The van der Waals surface area contributed by atoms with Crippen molar-refractivity contribution in [1.29, 1.82) is 0 Å². The van der Waals surface area contributed by atoms with Gasteiger partial charge in [0.1, 0.15) is 0 Å². The van der Waals surface area contributed by atoms with Crippen LogP contribution in [0.1, 0.15) is 44.1 Å². The monoisotopic (exact) mass is 407 g/mol. The van der Waals surface area contributed by atoms with E-state index in [1.807, 2.05) is 11.8 Å². The quantitative estimate of drug-likeness (QED) is 0.321. The molecule has 4 atom stereocenters. The van der Waals surface area contributed by atoms with Gasteiger partial charge in [-0.1, -0.05) is 30.3 Å². The molecule has 0 radical (unpaired) electrons. The second kappa shape index (κ2) is 11.2. The van der Waals surface area contributed by atoms with Gasteiger partial charge in [0.25, 0.3) is 0 Å². The number of nitrogens with zero attached hydrogens (tertiary/aromatic N) is 1. The molecule has 3 rings (SSSR count). The Hall–Kier alpha value is -1.08. The van der Waals surface area contributed by atoms with E-state index in [0.717, 1.165) is 25.2 Å². The average Bonchev–Trinajstić information content (AvgIpc) is 3.30. The van der Waals surface area contributed by atoms with E-state index in [2.05, 4.69) is 30.3 Å². The molecule has 2 aliphatic rings. The number of benzene rings is 1. The van der Waals surface area contributed by atoms with E-state index in [-0.39, 0.29) is 5.91 Å². The van der Waals surface area contributed by atoms with Gasteiger partial charge in [-0.2, -0.15) is 11.8 Å². The van der Waals surface area contributed by atoms with E-state index in [9.17, 15) is 4.79 Å². The zero-order chi connectivity index (χ0) is 19.8. The van der Waals surface area contributed by atoms with Gasteiger partial charge in [-0.3, -0.25) is 10.0 Å². The highest BCUT2D eigenvalue weighted by Gasteiger charge is 2.48. The number of hydroxylamine groups is 2. The van der Waals surface area contributed by atoms with Gasteiger partial charge < -0.3 is 9.47 Å². The molecular weight excluding hydrogens is 374 g/mol. The Bertz CT molecular complexity index is 597. The summed E-state index contributed by atoms with van der Waals surface area (Å²) in [4.78, 5) is 11.3. The predicted octanol–water partition coefficient (Wildman–Crippen LogP) is 4.14. The number of hydrogen-bond acceptors (Lipinski definition) is 5. The Labute approximate surface area is 172 Å². The molecule has 0 spiro atoms. The molecule has 0 saturated carbocycles. The summed E-state index contributed by atoms with van der Waals surface area (Å²) in [6, 6.07) is 10.7. The van der Waals surface area contributed by atoms with Crippen LogP contribution >= 0.6 is 11.8 Å². The second-order valence-corrected chi connectivity index (χ2v) is 9.00. The maximum atomic E-state index is 11.3. The molecule has 0 aromatic heterocycles. The molecule has 2 fully saturated rings. The topological polar surface area (TPSA) is 59.0 Å². The van der Waals surface area contributed by atoms with Gasteiger partial charge in [-0.15, -0.1) is 0 Å². The standard InChI is InChI=1S/C22H33NO4S/c1-23(25)22(24)9-5-6-13-26-15-19-18(20-10-11-21(19)27-20)12-14-28-16-17-7-3-2-4-8-17/h2-4,7-8,18-21,25H,5-6,9-16H2,1H3. The molecule has 1 amide bonds. The van der Waals surface area contributed by atoms with Crippen molar-refractivity contribution >= 4 is 17.7 Å². The van der Waals surface area contributed by atoms with Gasteiger partial charge in [-0.25, -0.2) is 5.06 Å². The minimum absolute atomic E-state index is 0.241. The number of thioether (sulfide) groups is 1. The molecular formula is C22H33NO4S. The molecule has 2 aliphatic heterocycles. The smallest absolute Gasteiger partial charge is 0.245 e. The minimum Gasteiger partial charge on any atom is -0.381 e. The van der Waals surface area contributed by atoms with Gasteiger partial charge in [0, 0.05) is 31.7 Å². The molecule has 2 heterocycles. The fraction of sp³-hybridized carbons (Fsp3) is 0.682. The van der Waals surface area contributed by atoms with Gasteiger partial charge in [0.05, 0.1) is 18.8 Å². The average molecular weight is 408 g/mol. The summed E-state index contributed by atoms with van der Waals surface area (Å²) in [6.45, 7) is 1.44. The van der Waals surface area contributed by atoms with Crippen LogP contribution in [-0.4, -0.2) is 54.4 Å². The van der Waals surface area contributed by atoms with Crippen LogP contribution in [0.2, 0.25) is 0 Å². The largest absolute Gasteiger partial charge is 0.381 e. The number of amides is 1. The van der Waals surface area contributed by atoms with Crippen LogP contribution in [0.4, 0.5) is 0 Å². The first kappa shape index (κ1) is 21.6. The molecule has 1 aromatic rings. The Balaban J connectivity index is 1.32. The van der Waals surface area contributed by atoms with E-state index >= 15 is 0 Å². The Morgan fingerprint density at radius 3 is 2.71 bits per heavy atom. The lowest BCUT2D eigenvalue weighted by molar-refractivity contribution is -0.159. The number of unbranched alkanes of at least 4 members (excludes halogenated alkanes) is 1. The van der Waals surface area contributed by atoms with E-state index < -0.39 is 0 Å². The van der Waals surface area contributed by atoms with Crippen molar-refractivity contribution in [2.24, 2.45) is 11.8 Å². The third-order valence-corrected chi connectivity index (χ3v) is 6.96. The fourth-order valence-electron chi connectivity index (χ4n) is 4.35. The number of fused-ring (bicyclic) bond motifs is 2. The van der Waals surface area contributed by atoms with E-state index in [1.54, 1.807) is 0 Å². The molecule has 4 unspecified atom stereocenters. The van der Waals surface area contributed by atoms with Crippen molar-refractivity contribution in [3.05, 3.63) is 35.9 Å². The lowest BCUT2D eigenvalue weighted by Crippen LogP contribution is -2.31. The minimum atomic E-state index is -0.241. The number of carbonyl (C=O) groups excluding carboxylic acids is 1. The van der Waals surface area contributed by atoms with E-state index in [1.165, 1.54) is 37.6 Å². The van der Waals surface area contributed by atoms with Crippen molar-refractivity contribution in [2.75, 3.05) is 26.0 Å². The van der Waals surface area contributed by atoms with Crippen molar-refractivity contribution in [3.8, 4) is 0 Å². The van der Waals surface area contributed by atoms with Gasteiger partial charge in [0.2, 0.25) is 5.91 Å². The summed E-state index contributed by atoms with van der Waals surface area (Å²) >= 11 is 2.01. The first-order valence-electron chi connectivity index (χ1n) is 10.5. The van der Waals surface area contributed by atoms with Gasteiger partial charge >= 0.3 is 0 Å². The van der Waals surface area contributed by atoms with Crippen LogP contribution in [0, 0.1) is 11.8 Å². The number of ether oxygens (including phenoxy) is 2. The van der Waals surface area contributed by atoms with Crippen LogP contribution in [0.15, 0.2) is 30.3 Å². The number of hydrogen-bond donors (Lipinski definition) is 1. The first-order chi connectivity index (χ1) is 13.6. The third kappa shape index (κ3) is 6.21. The Morgan fingerprint density at radius 2 is 1.96 bits per heavy atom. The number of rotatable bonds is 12. The maximum Gasteiger partial charge on any atom is 0.245 e. The Morgan fingerprint density at radius 1 is 1.21 bits per heavy atom. The summed E-state index contributed by atoms with van der Waals surface area (Å²) in [5.74, 6) is 3.13. The third-order valence-electron chi connectivity index (χ3n) is 5.90. The highest BCUT2D eigenvalue weighted by Crippen LogP contribution is 2.45. The zero-order valence-corrected chi connectivity index (χ0v) is 17.6. The van der Waals surface area contributed by atoms with Gasteiger partial charge in [-0.05, 0) is 49.3 Å². The van der Waals surface area contributed by atoms with Crippen LogP contribution in [0.5, 0.6) is 0 Å². The summed E-state index contributed by atoms with van der Waals surface area (Å²) in [5.41, 5.74) is 1.39. The van der Waals surface area contributed by atoms with Crippen molar-refractivity contribution < 1.29 is 19.5 Å². The fourth-order valence-corrected chi connectivity index (χ4v) is 5.36. The predicted molar refractivity (Wildman–Crippen MR) is 111 cm³/mol. The lowest BCUT2D eigenvalue weighted by atomic mass is 9.78. The molecule has 6 heteroatoms. The van der Waals surface area contributed by atoms with Crippen LogP contribution in [-0.2, 0) is 20.0 Å². The molecule has 1 aromatic carbocycles. The number of carbonyl (C=O) groups is 1. The highest BCUT2D eigenvalue weighted by molar-refractivity contribution is 7.98. The van der Waals surface area contributed by atoms with E-state index in [4.69, 9.17) is 14.7 Å². The Kier molecular flexibility index (Phi) is 8.65. The summed E-state index contributed by atoms with van der Waals surface area (Å²) in [6.07, 6.45) is 6.33. The van der Waals surface area contributed by atoms with Gasteiger partial charge in [0.15, 0.2) is 0 Å². The maximum absolute atomic E-state index is 11.3. The first-order valence-corrected chi connectivity index (χ1v) is 11.6. The molecule has 5 nitrogen and oxygen atoms in total. The molecule has 2 bridgehead atoms. The van der Waals surface area contributed by atoms with Crippen LogP contribution < -0.4 is 0 Å². The second-order valence-electron chi connectivity index (χ2n) is 7.89. The summed E-state index contributed by atoms with van der Waals surface area (Å²) < 4.78 is 12.1. The van der Waals surface area contributed by atoms with Crippen LogP contribution in [0.3, 0.4) is 0 Å². The molecule has 1 N–H and O–H groups in total. The normalized spacial score (nSPS) is 25.9. The summed E-state index contributed by atoms with van der Waals surface area (Å²) in [5, 5.41) is 9.71. The molecule has 28 heavy (non-hydrogen) atoms. The molecule has 156 valence electrons. The van der Waals surface area contributed by atoms with E-state index in [0.29, 0.717) is 42.1 Å². The summed E-state index contributed by atoms with van der Waals surface area (Å²) in [7, 11) is 1.37. The lowest BCUT2D eigenvalue weighted by Gasteiger charge is -2.27. The molecule has 0 aliphatic carbocycles.